The van der Waals surface area contributed by atoms with Crippen LogP contribution in [-0.2, 0) is 10.0 Å². The minimum atomic E-state index is -3.24. The van der Waals surface area contributed by atoms with E-state index in [-0.39, 0.29) is 5.38 Å². The highest BCUT2D eigenvalue weighted by atomic mass is 35.5. The molecule has 0 radical (unpaired) electrons. The van der Waals surface area contributed by atoms with Crippen molar-refractivity contribution >= 4 is 27.3 Å². The summed E-state index contributed by atoms with van der Waals surface area (Å²) in [5, 5.41) is -0.222. The van der Waals surface area contributed by atoms with Crippen molar-refractivity contribution in [3.8, 4) is 0 Å². The van der Waals surface area contributed by atoms with Crippen molar-refractivity contribution in [2.75, 3.05) is 11.0 Å². The van der Waals surface area contributed by atoms with Crippen molar-refractivity contribution in [3.63, 3.8) is 0 Å². The highest BCUT2D eigenvalue weighted by Gasteiger charge is 2.10. The van der Waals surface area contributed by atoms with Gasteiger partial charge in [0.2, 0.25) is 10.0 Å². The third kappa shape index (κ3) is 3.20. The van der Waals surface area contributed by atoms with Crippen LogP contribution in [0, 0.1) is 0 Å². The van der Waals surface area contributed by atoms with Crippen LogP contribution in [0.2, 0.25) is 0 Å². The highest BCUT2D eigenvalue weighted by Crippen LogP contribution is 2.27. The van der Waals surface area contributed by atoms with Gasteiger partial charge in [0, 0.05) is 0 Å². The van der Waals surface area contributed by atoms with E-state index in [0.29, 0.717) is 5.69 Å². The first-order valence-corrected chi connectivity index (χ1v) is 6.44. The van der Waals surface area contributed by atoms with Crippen molar-refractivity contribution in [1.82, 2.24) is 0 Å². The molecular weight excluding hydrogens is 222 g/mol. The summed E-state index contributed by atoms with van der Waals surface area (Å²) in [5.74, 6) is 0. The van der Waals surface area contributed by atoms with E-state index in [9.17, 15) is 8.42 Å². The molecule has 1 aromatic carbocycles. The van der Waals surface area contributed by atoms with Crippen LogP contribution in [0.4, 0.5) is 5.69 Å². The van der Waals surface area contributed by atoms with Gasteiger partial charge in [-0.15, -0.1) is 11.6 Å². The maximum Gasteiger partial charge on any atom is 0.229 e. The summed E-state index contributed by atoms with van der Waals surface area (Å²) in [4.78, 5) is 0. The number of para-hydroxylation sites is 1. The number of rotatable bonds is 3. The molecule has 14 heavy (non-hydrogen) atoms. The number of alkyl halides is 1. The minimum Gasteiger partial charge on any atom is -0.283 e. The normalized spacial score (nSPS) is 13.6. The summed E-state index contributed by atoms with van der Waals surface area (Å²) >= 11 is 5.90. The fourth-order valence-corrected chi connectivity index (χ4v) is 1.91. The molecule has 5 heteroatoms. The SMILES string of the molecule is CC(Cl)c1ccccc1NS(C)(=O)=O. The molecule has 1 atom stereocenters. The van der Waals surface area contributed by atoms with Crippen LogP contribution in [-0.4, -0.2) is 14.7 Å². The average Bonchev–Trinajstić information content (AvgIpc) is 2.01. The fourth-order valence-electron chi connectivity index (χ4n) is 1.14. The first-order chi connectivity index (χ1) is 6.40. The molecule has 3 nitrogen and oxygen atoms in total. The molecule has 0 aliphatic heterocycles. The molecule has 1 aromatic rings. The van der Waals surface area contributed by atoms with Gasteiger partial charge >= 0.3 is 0 Å². The molecule has 0 fully saturated rings. The van der Waals surface area contributed by atoms with Gasteiger partial charge in [0.15, 0.2) is 0 Å². The Morgan fingerprint density at radius 1 is 1.36 bits per heavy atom. The Morgan fingerprint density at radius 2 is 1.93 bits per heavy atom. The van der Waals surface area contributed by atoms with Crippen molar-refractivity contribution in [2.45, 2.75) is 12.3 Å². The summed E-state index contributed by atoms with van der Waals surface area (Å²) in [6, 6.07) is 7.07. The average molecular weight is 234 g/mol. The molecule has 0 aliphatic carbocycles. The molecule has 0 aromatic heterocycles. The number of halogens is 1. The van der Waals surface area contributed by atoms with Crippen molar-refractivity contribution in [2.24, 2.45) is 0 Å². The first kappa shape index (κ1) is 11.3. The monoisotopic (exact) mass is 233 g/mol. The van der Waals surface area contributed by atoms with Gasteiger partial charge in [-0.2, -0.15) is 0 Å². The van der Waals surface area contributed by atoms with Crippen LogP contribution in [0.1, 0.15) is 17.9 Å². The van der Waals surface area contributed by atoms with Crippen LogP contribution >= 0.6 is 11.6 Å². The van der Waals surface area contributed by atoms with Gasteiger partial charge in [-0.3, -0.25) is 4.72 Å². The molecule has 0 aliphatic rings. The van der Waals surface area contributed by atoms with Crippen LogP contribution in [0.15, 0.2) is 24.3 Å². The zero-order valence-electron chi connectivity index (χ0n) is 7.99. The van der Waals surface area contributed by atoms with E-state index >= 15 is 0 Å². The smallest absolute Gasteiger partial charge is 0.229 e. The molecule has 0 heterocycles. The first-order valence-electron chi connectivity index (χ1n) is 4.11. The Morgan fingerprint density at radius 3 is 2.43 bits per heavy atom. The molecule has 78 valence electrons. The van der Waals surface area contributed by atoms with E-state index in [2.05, 4.69) is 4.72 Å². The Kier molecular flexibility index (Phi) is 3.39. The van der Waals surface area contributed by atoms with Crippen LogP contribution < -0.4 is 4.72 Å². The number of hydrogen-bond acceptors (Lipinski definition) is 2. The van der Waals surface area contributed by atoms with E-state index in [1.807, 2.05) is 6.07 Å². The van der Waals surface area contributed by atoms with E-state index in [1.54, 1.807) is 25.1 Å². The Labute approximate surface area is 89.1 Å². The van der Waals surface area contributed by atoms with Crippen LogP contribution in [0.5, 0.6) is 0 Å². The van der Waals surface area contributed by atoms with Crippen LogP contribution in [0.25, 0.3) is 0 Å². The molecular formula is C9H12ClNO2S. The van der Waals surface area contributed by atoms with Gasteiger partial charge in [0.25, 0.3) is 0 Å². The Balaban J connectivity index is 3.08. The predicted octanol–water partition coefficient (Wildman–Crippen LogP) is 2.36. The van der Waals surface area contributed by atoms with Gasteiger partial charge in [-0.1, -0.05) is 18.2 Å². The molecule has 0 bridgehead atoms. The molecule has 0 spiro atoms. The van der Waals surface area contributed by atoms with Crippen molar-refractivity contribution < 1.29 is 8.42 Å². The summed E-state index contributed by atoms with van der Waals surface area (Å²) in [5.41, 5.74) is 1.32. The lowest BCUT2D eigenvalue weighted by atomic mass is 10.1. The van der Waals surface area contributed by atoms with E-state index in [0.717, 1.165) is 11.8 Å². The third-order valence-electron chi connectivity index (χ3n) is 1.68. The largest absolute Gasteiger partial charge is 0.283 e. The summed E-state index contributed by atoms with van der Waals surface area (Å²) < 4.78 is 24.5. The topological polar surface area (TPSA) is 46.2 Å². The standard InChI is InChI=1S/C9H12ClNO2S/c1-7(10)8-5-3-4-6-9(8)11-14(2,12)13/h3-7,11H,1-2H3. The van der Waals surface area contributed by atoms with E-state index < -0.39 is 10.0 Å². The number of anilines is 1. The Hall–Kier alpha value is -0.740. The zero-order chi connectivity index (χ0) is 10.8. The van der Waals surface area contributed by atoms with E-state index in [1.165, 1.54) is 0 Å². The van der Waals surface area contributed by atoms with Gasteiger partial charge in [-0.25, -0.2) is 8.42 Å². The van der Waals surface area contributed by atoms with Crippen LogP contribution in [0.3, 0.4) is 0 Å². The molecule has 0 saturated carbocycles. The second kappa shape index (κ2) is 4.19. The maximum atomic E-state index is 11.0. The summed E-state index contributed by atoms with van der Waals surface area (Å²) in [6.07, 6.45) is 1.11. The molecule has 1 unspecified atom stereocenters. The summed E-state index contributed by atoms with van der Waals surface area (Å²) in [7, 11) is -3.24. The Bertz CT molecular complexity index is 415. The number of nitrogens with one attached hydrogen (secondary N) is 1. The maximum absolute atomic E-state index is 11.0. The summed E-state index contributed by atoms with van der Waals surface area (Å²) in [6.45, 7) is 1.80. The minimum absolute atomic E-state index is 0.222. The molecule has 1 N–H and O–H groups in total. The van der Waals surface area contributed by atoms with E-state index in [4.69, 9.17) is 11.6 Å². The lowest BCUT2D eigenvalue weighted by Crippen LogP contribution is -2.11. The molecule has 0 saturated heterocycles. The predicted molar refractivity (Wildman–Crippen MR) is 59.2 cm³/mol. The highest BCUT2D eigenvalue weighted by molar-refractivity contribution is 7.92. The fraction of sp³-hybridized carbons (Fsp3) is 0.333. The quantitative estimate of drug-likeness (QED) is 0.815. The van der Waals surface area contributed by atoms with Gasteiger partial charge in [-0.05, 0) is 18.6 Å². The second-order valence-electron chi connectivity index (χ2n) is 3.08. The molecule has 0 amide bonds. The van der Waals surface area contributed by atoms with Gasteiger partial charge < -0.3 is 0 Å². The molecule has 1 rings (SSSR count). The lowest BCUT2D eigenvalue weighted by Gasteiger charge is -2.11. The van der Waals surface area contributed by atoms with Gasteiger partial charge in [0.1, 0.15) is 0 Å². The van der Waals surface area contributed by atoms with Crippen molar-refractivity contribution in [1.29, 1.82) is 0 Å². The second-order valence-corrected chi connectivity index (χ2v) is 5.48. The lowest BCUT2D eigenvalue weighted by molar-refractivity contribution is 0.606. The number of hydrogen-bond donors (Lipinski definition) is 1. The number of sulfonamides is 1. The van der Waals surface area contributed by atoms with Gasteiger partial charge in [0.05, 0.1) is 17.3 Å². The van der Waals surface area contributed by atoms with Crippen molar-refractivity contribution in [3.05, 3.63) is 29.8 Å². The zero-order valence-corrected chi connectivity index (χ0v) is 9.56. The third-order valence-corrected chi connectivity index (χ3v) is 2.51. The number of benzene rings is 1.